The van der Waals surface area contributed by atoms with Gasteiger partial charge in [-0.15, -0.1) is 0 Å². The predicted molar refractivity (Wildman–Crippen MR) is 112 cm³/mol. The molecule has 5 heteroatoms. The molecule has 0 bridgehead atoms. The summed E-state index contributed by atoms with van der Waals surface area (Å²) in [5.74, 6) is 2.38. The molecule has 4 rings (SSSR count). The SMILES string of the molecule is CCC(=O)OCC(=O)O[C@H]1[C@@H](CC)C[C@H]2[C@@H]3CCC4=CC(=O)CC[C@@H]4[C@H]3CC[C@@]21C. The van der Waals surface area contributed by atoms with Crippen LogP contribution in [0.5, 0.6) is 0 Å². The molecule has 0 spiro atoms. The van der Waals surface area contributed by atoms with E-state index in [0.717, 1.165) is 44.9 Å². The Hall–Kier alpha value is -1.65. The van der Waals surface area contributed by atoms with E-state index >= 15 is 0 Å². The second-order valence-corrected chi connectivity index (χ2v) is 10.2. The van der Waals surface area contributed by atoms with E-state index in [0.29, 0.717) is 41.8 Å². The van der Waals surface area contributed by atoms with Gasteiger partial charge in [-0.3, -0.25) is 9.59 Å². The van der Waals surface area contributed by atoms with E-state index in [9.17, 15) is 14.4 Å². The van der Waals surface area contributed by atoms with Gasteiger partial charge in [-0.2, -0.15) is 0 Å². The Kier molecular flexibility index (Phi) is 6.09. The van der Waals surface area contributed by atoms with Crippen LogP contribution in [0.15, 0.2) is 11.6 Å². The molecule has 0 unspecified atom stereocenters. The summed E-state index contributed by atoms with van der Waals surface area (Å²) in [6.45, 7) is 5.95. The van der Waals surface area contributed by atoms with Crippen molar-refractivity contribution in [2.75, 3.05) is 6.61 Å². The van der Waals surface area contributed by atoms with Gasteiger partial charge in [0.1, 0.15) is 6.10 Å². The Balaban J connectivity index is 1.49. The third kappa shape index (κ3) is 3.73. The summed E-state index contributed by atoms with van der Waals surface area (Å²) in [6.07, 6.45) is 10.4. The number of carbonyl (C=O) groups excluding carboxylic acids is 3. The molecule has 0 aromatic rings. The number of hydrogen-bond donors (Lipinski definition) is 0. The van der Waals surface area contributed by atoms with Crippen LogP contribution in [0.25, 0.3) is 0 Å². The standard InChI is InChI=1S/C25H36O5/c1-4-15-13-21-20-8-6-16-12-17(26)7-9-18(16)19(20)10-11-25(21,3)24(15)30-23(28)14-29-22(27)5-2/h12,15,18-21,24H,4-11,13-14H2,1-3H3/t15-,18-,19+,20+,21-,24-,25-/m0/s1. The maximum absolute atomic E-state index is 12.5. The van der Waals surface area contributed by atoms with E-state index in [1.165, 1.54) is 5.57 Å². The second kappa shape index (κ2) is 8.47. The monoisotopic (exact) mass is 416 g/mol. The molecule has 0 aliphatic heterocycles. The van der Waals surface area contributed by atoms with E-state index in [1.807, 2.05) is 6.08 Å². The van der Waals surface area contributed by atoms with Gasteiger partial charge in [-0.25, -0.2) is 4.79 Å². The van der Waals surface area contributed by atoms with Crippen LogP contribution in [-0.4, -0.2) is 30.4 Å². The van der Waals surface area contributed by atoms with Gasteiger partial charge in [-0.05, 0) is 80.6 Å². The molecule has 0 aromatic carbocycles. The van der Waals surface area contributed by atoms with Crippen molar-refractivity contribution >= 4 is 17.7 Å². The van der Waals surface area contributed by atoms with Crippen molar-refractivity contribution in [2.45, 2.75) is 84.7 Å². The number of ketones is 1. The van der Waals surface area contributed by atoms with Gasteiger partial charge < -0.3 is 9.47 Å². The number of fused-ring (bicyclic) bond motifs is 5. The smallest absolute Gasteiger partial charge is 0.344 e. The lowest BCUT2D eigenvalue weighted by Crippen LogP contribution is -2.49. The Labute approximate surface area is 179 Å². The lowest BCUT2D eigenvalue weighted by atomic mass is 9.52. The van der Waals surface area contributed by atoms with Crippen molar-refractivity contribution in [1.29, 1.82) is 0 Å². The molecule has 0 saturated heterocycles. The number of allylic oxidation sites excluding steroid dienone is 1. The molecule has 7 atom stereocenters. The highest BCUT2D eigenvalue weighted by Crippen LogP contribution is 2.64. The van der Waals surface area contributed by atoms with Crippen molar-refractivity contribution in [2.24, 2.45) is 35.0 Å². The lowest BCUT2D eigenvalue weighted by Gasteiger charge is -2.53. The van der Waals surface area contributed by atoms with Crippen LogP contribution in [0, 0.1) is 35.0 Å². The van der Waals surface area contributed by atoms with Crippen molar-refractivity contribution in [3.8, 4) is 0 Å². The zero-order chi connectivity index (χ0) is 21.5. The molecule has 0 radical (unpaired) electrons. The average molecular weight is 417 g/mol. The zero-order valence-corrected chi connectivity index (χ0v) is 18.7. The van der Waals surface area contributed by atoms with E-state index in [-0.39, 0.29) is 30.5 Å². The Morgan fingerprint density at radius 3 is 2.63 bits per heavy atom. The first-order valence-corrected chi connectivity index (χ1v) is 12.0. The minimum absolute atomic E-state index is 0.00201. The highest BCUT2D eigenvalue weighted by molar-refractivity contribution is 5.91. The maximum atomic E-state index is 12.5. The van der Waals surface area contributed by atoms with Gasteiger partial charge in [0.15, 0.2) is 12.4 Å². The molecule has 0 N–H and O–H groups in total. The first kappa shape index (κ1) is 21.6. The van der Waals surface area contributed by atoms with Crippen LogP contribution in [-0.2, 0) is 23.9 Å². The summed E-state index contributed by atoms with van der Waals surface area (Å²) in [5, 5.41) is 0. The Bertz CT molecular complexity index is 740. The first-order chi connectivity index (χ1) is 14.4. The van der Waals surface area contributed by atoms with Crippen LogP contribution in [0.4, 0.5) is 0 Å². The fourth-order valence-corrected chi connectivity index (χ4v) is 7.34. The average Bonchev–Trinajstić information content (AvgIpc) is 3.03. The normalized spacial score (nSPS) is 40.0. The summed E-state index contributed by atoms with van der Waals surface area (Å²) in [4.78, 5) is 35.8. The molecule has 0 heterocycles. The summed E-state index contributed by atoms with van der Waals surface area (Å²) in [7, 11) is 0. The highest BCUT2D eigenvalue weighted by atomic mass is 16.6. The molecule has 30 heavy (non-hydrogen) atoms. The lowest BCUT2D eigenvalue weighted by molar-refractivity contribution is -0.171. The minimum Gasteiger partial charge on any atom is -0.459 e. The number of carbonyl (C=O) groups is 3. The predicted octanol–water partition coefficient (Wildman–Crippen LogP) is 4.63. The summed E-state index contributed by atoms with van der Waals surface area (Å²) in [5.41, 5.74) is 1.40. The topological polar surface area (TPSA) is 69.7 Å². The quantitative estimate of drug-likeness (QED) is 0.611. The van der Waals surface area contributed by atoms with Gasteiger partial charge >= 0.3 is 11.9 Å². The molecule has 0 aromatic heterocycles. The van der Waals surface area contributed by atoms with E-state index < -0.39 is 5.97 Å². The number of esters is 2. The van der Waals surface area contributed by atoms with Gasteiger partial charge in [0.05, 0.1) is 0 Å². The van der Waals surface area contributed by atoms with Crippen LogP contribution < -0.4 is 0 Å². The van der Waals surface area contributed by atoms with Gasteiger partial charge in [0.25, 0.3) is 0 Å². The van der Waals surface area contributed by atoms with Crippen molar-refractivity contribution < 1.29 is 23.9 Å². The van der Waals surface area contributed by atoms with E-state index in [2.05, 4.69) is 13.8 Å². The summed E-state index contributed by atoms with van der Waals surface area (Å²) in [6, 6.07) is 0. The fourth-order valence-electron chi connectivity index (χ4n) is 7.34. The van der Waals surface area contributed by atoms with Crippen LogP contribution in [0.1, 0.15) is 78.6 Å². The van der Waals surface area contributed by atoms with Gasteiger partial charge in [-0.1, -0.05) is 26.3 Å². The fraction of sp³-hybridized carbons (Fsp3) is 0.800. The molecule has 0 amide bonds. The molecule has 4 aliphatic rings. The van der Waals surface area contributed by atoms with E-state index in [4.69, 9.17) is 9.47 Å². The minimum atomic E-state index is -0.413. The molecule has 5 nitrogen and oxygen atoms in total. The van der Waals surface area contributed by atoms with Crippen LogP contribution >= 0.6 is 0 Å². The maximum Gasteiger partial charge on any atom is 0.344 e. The summed E-state index contributed by atoms with van der Waals surface area (Å²) < 4.78 is 11.0. The highest BCUT2D eigenvalue weighted by Gasteiger charge is 2.60. The number of ether oxygens (including phenoxy) is 2. The summed E-state index contributed by atoms with van der Waals surface area (Å²) >= 11 is 0. The molecular formula is C25H36O5. The van der Waals surface area contributed by atoms with E-state index in [1.54, 1.807) is 6.92 Å². The van der Waals surface area contributed by atoms with Crippen molar-refractivity contribution in [3.63, 3.8) is 0 Å². The Morgan fingerprint density at radius 1 is 1.10 bits per heavy atom. The molecule has 3 fully saturated rings. The first-order valence-electron chi connectivity index (χ1n) is 12.0. The number of rotatable bonds is 5. The molecule has 4 aliphatic carbocycles. The molecule has 166 valence electrons. The second-order valence-electron chi connectivity index (χ2n) is 10.2. The third-order valence-corrected chi connectivity index (χ3v) is 8.80. The van der Waals surface area contributed by atoms with Gasteiger partial charge in [0.2, 0.25) is 0 Å². The zero-order valence-electron chi connectivity index (χ0n) is 18.7. The molecule has 3 saturated carbocycles. The van der Waals surface area contributed by atoms with Gasteiger partial charge in [0, 0.05) is 18.3 Å². The Morgan fingerprint density at radius 2 is 1.90 bits per heavy atom. The van der Waals surface area contributed by atoms with Crippen molar-refractivity contribution in [1.82, 2.24) is 0 Å². The molecular weight excluding hydrogens is 380 g/mol. The van der Waals surface area contributed by atoms with Crippen LogP contribution in [0.2, 0.25) is 0 Å². The number of hydrogen-bond acceptors (Lipinski definition) is 5. The van der Waals surface area contributed by atoms with Crippen LogP contribution in [0.3, 0.4) is 0 Å². The van der Waals surface area contributed by atoms with Crippen molar-refractivity contribution in [3.05, 3.63) is 11.6 Å². The largest absolute Gasteiger partial charge is 0.459 e. The third-order valence-electron chi connectivity index (χ3n) is 8.80.